The molecular weight excluding hydrogens is 424 g/mol. The number of nitrogens with zero attached hydrogens (tertiary/aromatic N) is 2. The normalized spacial score (nSPS) is 15.5. The number of thiazole rings is 1. The first-order valence-electron chi connectivity index (χ1n) is 10.7. The Balaban J connectivity index is 1.61. The van der Waals surface area contributed by atoms with Gasteiger partial charge in [0.2, 0.25) is 0 Å². The Morgan fingerprint density at radius 2 is 1.94 bits per heavy atom. The predicted octanol–water partition coefficient (Wildman–Crippen LogP) is 4.96. The van der Waals surface area contributed by atoms with Gasteiger partial charge in [0.05, 0.1) is 26.0 Å². The van der Waals surface area contributed by atoms with Gasteiger partial charge in [-0.25, -0.2) is 4.98 Å². The maximum atomic E-state index is 13.6. The Labute approximate surface area is 192 Å². The molecule has 0 N–H and O–H groups in total. The molecule has 1 atom stereocenters. The number of amides is 1. The molecule has 4 rings (SSSR count). The summed E-state index contributed by atoms with van der Waals surface area (Å²) >= 11 is 1.41. The van der Waals surface area contributed by atoms with E-state index in [9.17, 15) is 4.79 Å². The molecule has 2 heterocycles. The number of aryl methyl sites for hydroxylation is 1. The van der Waals surface area contributed by atoms with E-state index in [0.29, 0.717) is 29.5 Å². The maximum absolute atomic E-state index is 13.6. The van der Waals surface area contributed by atoms with Crippen LogP contribution in [0, 0.1) is 6.92 Å². The highest BCUT2D eigenvalue weighted by Gasteiger charge is 2.27. The minimum atomic E-state index is -0.00826. The van der Waals surface area contributed by atoms with Crippen molar-refractivity contribution in [1.29, 1.82) is 0 Å². The Morgan fingerprint density at radius 3 is 2.62 bits per heavy atom. The number of carbonyl (C=O) groups is 1. The van der Waals surface area contributed by atoms with Crippen LogP contribution in [-0.2, 0) is 11.3 Å². The quantitative estimate of drug-likeness (QED) is 0.484. The molecule has 2 aromatic carbocycles. The molecule has 1 saturated heterocycles. The summed E-state index contributed by atoms with van der Waals surface area (Å²) in [5.41, 5.74) is 2.72. The van der Waals surface area contributed by atoms with Crippen LogP contribution in [0.2, 0.25) is 0 Å². The smallest absolute Gasteiger partial charge is 0.266 e. The van der Waals surface area contributed by atoms with Crippen LogP contribution < -0.4 is 9.47 Å². The molecule has 0 radical (unpaired) electrons. The highest BCUT2D eigenvalue weighted by Crippen LogP contribution is 2.35. The second kappa shape index (κ2) is 10.1. The number of carbonyl (C=O) groups excluding carboxylic acids is 1. The van der Waals surface area contributed by atoms with Gasteiger partial charge in [0.25, 0.3) is 5.91 Å². The number of rotatable bonds is 8. The van der Waals surface area contributed by atoms with Gasteiger partial charge in [-0.3, -0.25) is 4.79 Å². The molecule has 1 amide bonds. The fourth-order valence-corrected chi connectivity index (χ4v) is 4.92. The van der Waals surface area contributed by atoms with Crippen molar-refractivity contribution in [2.24, 2.45) is 0 Å². The molecule has 0 spiro atoms. The fraction of sp³-hybridized carbons (Fsp3) is 0.360. The third-order valence-electron chi connectivity index (χ3n) is 5.57. The molecule has 1 aliphatic rings. The van der Waals surface area contributed by atoms with Crippen LogP contribution in [0.4, 0.5) is 0 Å². The Hall–Kier alpha value is -2.90. The number of hydrogen-bond donors (Lipinski definition) is 0. The van der Waals surface area contributed by atoms with Crippen LogP contribution in [0.3, 0.4) is 0 Å². The van der Waals surface area contributed by atoms with Crippen molar-refractivity contribution < 1.29 is 19.0 Å². The van der Waals surface area contributed by atoms with Crippen molar-refractivity contribution in [3.05, 3.63) is 64.7 Å². The van der Waals surface area contributed by atoms with Crippen LogP contribution in [0.1, 0.15) is 33.8 Å². The van der Waals surface area contributed by atoms with Gasteiger partial charge in [-0.05, 0) is 43.5 Å². The molecule has 0 bridgehead atoms. The minimum Gasteiger partial charge on any atom is -0.493 e. The van der Waals surface area contributed by atoms with Gasteiger partial charge in [-0.2, -0.15) is 0 Å². The number of benzene rings is 2. The molecule has 0 aliphatic carbocycles. The zero-order chi connectivity index (χ0) is 22.5. The van der Waals surface area contributed by atoms with Crippen LogP contribution in [0.15, 0.2) is 48.5 Å². The predicted molar refractivity (Wildman–Crippen MR) is 126 cm³/mol. The van der Waals surface area contributed by atoms with E-state index in [0.717, 1.165) is 41.3 Å². The molecule has 1 aliphatic heterocycles. The van der Waals surface area contributed by atoms with Crippen molar-refractivity contribution in [3.8, 4) is 22.1 Å². The molecule has 0 saturated carbocycles. The standard InChI is InChI=1S/C25H28N2O4S/c1-17-23(32-24(26-17)19-11-12-21(29-2)22(14-19)30-3)25(28)27(16-20-10-7-13-31-20)15-18-8-5-4-6-9-18/h4-6,8-9,11-12,14,20H,7,10,13,15-16H2,1-3H3. The molecule has 1 aromatic heterocycles. The first-order chi connectivity index (χ1) is 15.6. The average molecular weight is 453 g/mol. The zero-order valence-electron chi connectivity index (χ0n) is 18.7. The number of ether oxygens (including phenoxy) is 3. The molecular formula is C25H28N2O4S. The van der Waals surface area contributed by atoms with E-state index >= 15 is 0 Å². The Bertz CT molecular complexity index is 1060. The summed E-state index contributed by atoms with van der Waals surface area (Å²) in [7, 11) is 3.22. The van der Waals surface area contributed by atoms with E-state index in [1.165, 1.54) is 11.3 Å². The highest BCUT2D eigenvalue weighted by atomic mass is 32.1. The largest absolute Gasteiger partial charge is 0.493 e. The van der Waals surface area contributed by atoms with Crippen molar-refractivity contribution in [2.45, 2.75) is 32.4 Å². The number of hydrogen-bond acceptors (Lipinski definition) is 6. The van der Waals surface area contributed by atoms with Crippen LogP contribution in [-0.4, -0.2) is 49.3 Å². The zero-order valence-corrected chi connectivity index (χ0v) is 19.5. The summed E-state index contributed by atoms with van der Waals surface area (Å²) in [6.07, 6.45) is 2.11. The molecule has 3 aromatic rings. The summed E-state index contributed by atoms with van der Waals surface area (Å²) in [6.45, 7) is 3.78. The van der Waals surface area contributed by atoms with E-state index in [4.69, 9.17) is 19.2 Å². The van der Waals surface area contributed by atoms with E-state index in [1.54, 1.807) is 14.2 Å². The monoisotopic (exact) mass is 452 g/mol. The molecule has 32 heavy (non-hydrogen) atoms. The lowest BCUT2D eigenvalue weighted by atomic mass is 10.1. The topological polar surface area (TPSA) is 60.9 Å². The van der Waals surface area contributed by atoms with Gasteiger partial charge < -0.3 is 19.1 Å². The third-order valence-corrected chi connectivity index (χ3v) is 6.77. The second-order valence-electron chi connectivity index (χ2n) is 7.81. The van der Waals surface area contributed by atoms with Crippen LogP contribution >= 0.6 is 11.3 Å². The van der Waals surface area contributed by atoms with Crippen molar-refractivity contribution in [3.63, 3.8) is 0 Å². The molecule has 1 fully saturated rings. The average Bonchev–Trinajstić information content (AvgIpc) is 3.48. The maximum Gasteiger partial charge on any atom is 0.266 e. The Kier molecular flexibility index (Phi) is 7.07. The molecule has 168 valence electrons. The number of methoxy groups -OCH3 is 2. The molecule has 7 heteroatoms. The van der Waals surface area contributed by atoms with Gasteiger partial charge in [0.15, 0.2) is 11.5 Å². The van der Waals surface area contributed by atoms with Gasteiger partial charge in [-0.15, -0.1) is 11.3 Å². The van der Waals surface area contributed by atoms with E-state index in [-0.39, 0.29) is 12.0 Å². The lowest BCUT2D eigenvalue weighted by Crippen LogP contribution is -2.36. The molecule has 6 nitrogen and oxygen atoms in total. The SMILES string of the molecule is COc1ccc(-c2nc(C)c(C(=O)N(Cc3ccccc3)CC3CCCO3)s2)cc1OC. The van der Waals surface area contributed by atoms with Gasteiger partial charge >= 0.3 is 0 Å². The summed E-state index contributed by atoms with van der Waals surface area (Å²) in [6, 6.07) is 15.7. The van der Waals surface area contributed by atoms with Crippen LogP contribution in [0.5, 0.6) is 11.5 Å². The van der Waals surface area contributed by atoms with E-state index in [2.05, 4.69) is 0 Å². The van der Waals surface area contributed by atoms with Crippen molar-refractivity contribution >= 4 is 17.2 Å². The van der Waals surface area contributed by atoms with Crippen molar-refractivity contribution in [1.82, 2.24) is 9.88 Å². The van der Waals surface area contributed by atoms with Gasteiger partial charge in [0.1, 0.15) is 9.88 Å². The summed E-state index contributed by atoms with van der Waals surface area (Å²) in [5.74, 6) is 1.28. The lowest BCUT2D eigenvalue weighted by molar-refractivity contribution is 0.0510. The minimum absolute atomic E-state index is 0.00826. The first kappa shape index (κ1) is 22.3. The summed E-state index contributed by atoms with van der Waals surface area (Å²) < 4.78 is 16.6. The summed E-state index contributed by atoms with van der Waals surface area (Å²) in [5, 5.41) is 0.781. The fourth-order valence-electron chi connectivity index (χ4n) is 3.89. The first-order valence-corrected chi connectivity index (χ1v) is 11.6. The Morgan fingerprint density at radius 1 is 1.16 bits per heavy atom. The van der Waals surface area contributed by atoms with Gasteiger partial charge in [0, 0.05) is 25.3 Å². The lowest BCUT2D eigenvalue weighted by Gasteiger charge is -2.25. The van der Waals surface area contributed by atoms with Crippen LogP contribution in [0.25, 0.3) is 10.6 Å². The van der Waals surface area contributed by atoms with E-state index in [1.807, 2.05) is 60.4 Å². The molecule has 1 unspecified atom stereocenters. The summed E-state index contributed by atoms with van der Waals surface area (Å²) in [4.78, 5) is 20.9. The third kappa shape index (κ3) is 4.95. The second-order valence-corrected chi connectivity index (χ2v) is 8.81. The highest BCUT2D eigenvalue weighted by molar-refractivity contribution is 7.17. The number of aromatic nitrogens is 1. The van der Waals surface area contributed by atoms with E-state index < -0.39 is 0 Å². The van der Waals surface area contributed by atoms with Gasteiger partial charge in [-0.1, -0.05) is 30.3 Å². The van der Waals surface area contributed by atoms with Crippen molar-refractivity contribution in [2.75, 3.05) is 27.4 Å².